The fourth-order valence-corrected chi connectivity index (χ4v) is 2.89. The molecule has 0 amide bonds. The van der Waals surface area contributed by atoms with Crippen LogP contribution < -0.4 is 0 Å². The van der Waals surface area contributed by atoms with Crippen molar-refractivity contribution in [2.24, 2.45) is 0 Å². The molecule has 2 aliphatic heterocycles. The summed E-state index contributed by atoms with van der Waals surface area (Å²) in [7, 11) is 0. The molecule has 4 nitrogen and oxygen atoms in total. The molecular weight excluding hydrogens is 254 g/mol. The van der Waals surface area contributed by atoms with Crippen molar-refractivity contribution in [1.29, 1.82) is 0 Å². The van der Waals surface area contributed by atoms with E-state index < -0.39 is 5.97 Å². The molecule has 2 aliphatic rings. The third-order valence-corrected chi connectivity index (χ3v) is 3.91. The number of benzene rings is 1. The van der Waals surface area contributed by atoms with Gasteiger partial charge in [0.1, 0.15) is 5.57 Å². The van der Waals surface area contributed by atoms with E-state index >= 15 is 0 Å². The van der Waals surface area contributed by atoms with Crippen LogP contribution in [0, 0.1) is 0 Å². The van der Waals surface area contributed by atoms with E-state index in [0.29, 0.717) is 6.42 Å². The predicted octanol–water partition coefficient (Wildman–Crippen LogP) is 1.83. The highest BCUT2D eigenvalue weighted by Gasteiger charge is 2.34. The fourth-order valence-electron chi connectivity index (χ4n) is 2.89. The second kappa shape index (κ2) is 5.12. The summed E-state index contributed by atoms with van der Waals surface area (Å²) in [4.78, 5) is 26.0. The average Bonchev–Trinajstić information content (AvgIpc) is 2.44. The van der Waals surface area contributed by atoms with E-state index in [4.69, 9.17) is 4.74 Å². The molecule has 1 aromatic carbocycles. The van der Waals surface area contributed by atoms with Crippen LogP contribution in [-0.4, -0.2) is 29.3 Å². The highest BCUT2D eigenvalue weighted by Crippen LogP contribution is 2.29. The predicted molar refractivity (Wildman–Crippen MR) is 73.8 cm³/mol. The van der Waals surface area contributed by atoms with Gasteiger partial charge in [-0.2, -0.15) is 0 Å². The van der Waals surface area contributed by atoms with Gasteiger partial charge in [0.15, 0.2) is 5.78 Å². The number of hydrogen-bond acceptors (Lipinski definition) is 4. The van der Waals surface area contributed by atoms with Crippen LogP contribution in [0.25, 0.3) is 0 Å². The molecule has 0 radical (unpaired) electrons. The van der Waals surface area contributed by atoms with Crippen LogP contribution in [0.5, 0.6) is 0 Å². The van der Waals surface area contributed by atoms with Crippen LogP contribution in [0.1, 0.15) is 24.5 Å². The molecular formula is C16H17NO3. The Hall–Kier alpha value is -2.10. The molecule has 1 aromatic rings. The monoisotopic (exact) mass is 271 g/mol. The first-order valence-corrected chi connectivity index (χ1v) is 6.93. The van der Waals surface area contributed by atoms with Crippen LogP contribution in [0.3, 0.4) is 0 Å². The van der Waals surface area contributed by atoms with Gasteiger partial charge in [-0.3, -0.25) is 4.79 Å². The Morgan fingerprint density at radius 3 is 2.80 bits per heavy atom. The average molecular weight is 271 g/mol. The van der Waals surface area contributed by atoms with Gasteiger partial charge in [-0.1, -0.05) is 24.3 Å². The van der Waals surface area contributed by atoms with E-state index in [1.165, 1.54) is 11.1 Å². The number of ether oxygens (including phenoxy) is 1. The van der Waals surface area contributed by atoms with Gasteiger partial charge in [-0.15, -0.1) is 0 Å². The molecule has 0 saturated heterocycles. The summed E-state index contributed by atoms with van der Waals surface area (Å²) in [5.74, 6) is -0.612. The summed E-state index contributed by atoms with van der Waals surface area (Å²) in [5, 5.41) is 0. The molecule has 0 N–H and O–H groups in total. The Kier molecular flexibility index (Phi) is 3.30. The minimum absolute atomic E-state index is 0.107. The number of hydrogen-bond donors (Lipinski definition) is 0. The molecule has 104 valence electrons. The van der Waals surface area contributed by atoms with Gasteiger partial charge in [0.2, 0.25) is 0 Å². The number of esters is 1. The Morgan fingerprint density at radius 2 is 2.05 bits per heavy atom. The van der Waals surface area contributed by atoms with Crippen LogP contribution in [0.2, 0.25) is 0 Å². The van der Waals surface area contributed by atoms with Crippen LogP contribution in [-0.2, 0) is 27.3 Å². The van der Waals surface area contributed by atoms with Crippen molar-refractivity contribution in [3.05, 3.63) is 47.2 Å². The Morgan fingerprint density at radius 1 is 1.30 bits per heavy atom. The maximum absolute atomic E-state index is 12.1. The summed E-state index contributed by atoms with van der Waals surface area (Å²) in [6.45, 7) is 2.78. The van der Waals surface area contributed by atoms with Crippen molar-refractivity contribution in [2.45, 2.75) is 32.4 Å². The number of rotatable bonds is 2. The van der Waals surface area contributed by atoms with Gasteiger partial charge in [0.25, 0.3) is 0 Å². The minimum Gasteiger partial charge on any atom is -0.462 e. The van der Waals surface area contributed by atoms with Crippen LogP contribution in [0.15, 0.2) is 36.0 Å². The number of carbonyl (C=O) groups excluding carboxylic acids is 2. The van der Waals surface area contributed by atoms with Gasteiger partial charge in [0, 0.05) is 25.2 Å². The fraction of sp³-hybridized carbons (Fsp3) is 0.375. The van der Waals surface area contributed by atoms with Crippen molar-refractivity contribution in [3.8, 4) is 0 Å². The molecule has 0 aromatic heterocycles. The molecule has 3 rings (SSSR count). The normalized spacial score (nSPS) is 20.9. The van der Waals surface area contributed by atoms with E-state index in [2.05, 4.69) is 17.0 Å². The number of fused-ring (bicyclic) bond motifs is 2. The molecule has 1 atom stereocenters. The molecule has 0 aliphatic carbocycles. The van der Waals surface area contributed by atoms with Crippen LogP contribution >= 0.6 is 0 Å². The number of ketones is 1. The standard InChI is InChI=1S/C16H17NO3/c1-2-20-16(19)14-10-17-9-12-6-4-3-5-11(12)7-13(17)8-15(14)18/h3-6,10,13H,2,7-9H2,1H3. The maximum atomic E-state index is 12.1. The van der Waals surface area contributed by atoms with E-state index in [1.54, 1.807) is 13.1 Å². The van der Waals surface area contributed by atoms with E-state index in [9.17, 15) is 9.59 Å². The molecule has 20 heavy (non-hydrogen) atoms. The van der Waals surface area contributed by atoms with Gasteiger partial charge in [0.05, 0.1) is 6.61 Å². The van der Waals surface area contributed by atoms with Crippen molar-refractivity contribution in [1.82, 2.24) is 4.90 Å². The SMILES string of the molecule is CCOC(=O)C1=CN2Cc3ccccc3CC2CC1=O. The summed E-state index contributed by atoms with van der Waals surface area (Å²) in [6, 6.07) is 8.42. The molecule has 1 unspecified atom stereocenters. The van der Waals surface area contributed by atoms with Crippen LogP contribution in [0.4, 0.5) is 0 Å². The quantitative estimate of drug-likeness (QED) is 0.608. The lowest BCUT2D eigenvalue weighted by atomic mass is 9.88. The van der Waals surface area contributed by atoms with E-state index in [0.717, 1.165) is 13.0 Å². The smallest absolute Gasteiger partial charge is 0.343 e. The molecule has 2 heterocycles. The third kappa shape index (κ3) is 2.22. The number of nitrogens with zero attached hydrogens (tertiary/aromatic N) is 1. The zero-order valence-electron chi connectivity index (χ0n) is 11.5. The minimum atomic E-state index is -0.505. The second-order valence-electron chi connectivity index (χ2n) is 5.19. The van der Waals surface area contributed by atoms with Gasteiger partial charge in [-0.05, 0) is 24.5 Å². The van der Waals surface area contributed by atoms with Crippen molar-refractivity contribution < 1.29 is 14.3 Å². The first kappa shape index (κ1) is 12.9. The molecule has 0 fully saturated rings. The zero-order valence-corrected chi connectivity index (χ0v) is 11.5. The highest BCUT2D eigenvalue weighted by atomic mass is 16.5. The third-order valence-electron chi connectivity index (χ3n) is 3.91. The summed E-state index contributed by atoms with van der Waals surface area (Å²) < 4.78 is 4.95. The van der Waals surface area contributed by atoms with Crippen molar-refractivity contribution >= 4 is 11.8 Å². The van der Waals surface area contributed by atoms with Gasteiger partial charge in [-0.25, -0.2) is 4.79 Å². The topological polar surface area (TPSA) is 46.6 Å². The van der Waals surface area contributed by atoms with Crippen molar-refractivity contribution in [3.63, 3.8) is 0 Å². The van der Waals surface area contributed by atoms with E-state index in [-0.39, 0.29) is 24.0 Å². The van der Waals surface area contributed by atoms with Gasteiger partial charge < -0.3 is 9.64 Å². The molecule has 0 spiro atoms. The Labute approximate surface area is 118 Å². The highest BCUT2D eigenvalue weighted by molar-refractivity contribution is 6.17. The second-order valence-corrected chi connectivity index (χ2v) is 5.19. The maximum Gasteiger partial charge on any atom is 0.343 e. The molecule has 0 saturated carbocycles. The van der Waals surface area contributed by atoms with E-state index in [1.807, 2.05) is 12.1 Å². The molecule has 0 bridgehead atoms. The Bertz CT molecular complexity index is 591. The lowest BCUT2D eigenvalue weighted by Crippen LogP contribution is -2.43. The largest absolute Gasteiger partial charge is 0.462 e. The molecule has 4 heteroatoms. The Balaban J connectivity index is 1.88. The number of carbonyl (C=O) groups is 2. The summed E-state index contributed by atoms with van der Waals surface area (Å²) >= 11 is 0. The first-order chi connectivity index (χ1) is 9.69. The summed E-state index contributed by atoms with van der Waals surface area (Å²) in [6.07, 6.45) is 2.93. The summed E-state index contributed by atoms with van der Waals surface area (Å²) in [5.41, 5.74) is 2.74. The lowest BCUT2D eigenvalue weighted by Gasteiger charge is -2.38. The lowest BCUT2D eigenvalue weighted by molar-refractivity contribution is -0.140. The van der Waals surface area contributed by atoms with Crippen molar-refractivity contribution in [2.75, 3.05) is 6.61 Å². The first-order valence-electron chi connectivity index (χ1n) is 6.93. The number of Topliss-reactive ketones (excluding diaryl/α,β-unsaturated/α-hetero) is 1. The zero-order chi connectivity index (χ0) is 14.1. The van der Waals surface area contributed by atoms with Gasteiger partial charge >= 0.3 is 5.97 Å².